The van der Waals surface area contributed by atoms with Gasteiger partial charge in [-0.05, 0) is 37.9 Å². The van der Waals surface area contributed by atoms with E-state index in [9.17, 15) is 4.39 Å². The third kappa shape index (κ3) is 3.09. The van der Waals surface area contributed by atoms with E-state index in [1.54, 1.807) is 25.1 Å². The molecule has 0 fully saturated rings. The summed E-state index contributed by atoms with van der Waals surface area (Å²) in [5, 5.41) is 0. The number of thiol groups is 1. The van der Waals surface area contributed by atoms with Gasteiger partial charge in [0.05, 0.1) is 5.71 Å². The smallest absolute Gasteiger partial charge is 0.165 e. The van der Waals surface area contributed by atoms with Crippen LogP contribution in [0.5, 0.6) is 5.75 Å². The maximum atomic E-state index is 13.2. The quantitative estimate of drug-likeness (QED) is 0.475. The number of benzene rings is 1. The number of hydrogen-bond acceptors (Lipinski definition) is 3. The van der Waals surface area contributed by atoms with Crippen molar-refractivity contribution in [1.82, 2.24) is 0 Å². The van der Waals surface area contributed by atoms with Gasteiger partial charge in [0.15, 0.2) is 11.6 Å². The zero-order valence-corrected chi connectivity index (χ0v) is 9.30. The van der Waals surface area contributed by atoms with Crippen LogP contribution in [0.3, 0.4) is 0 Å². The molecule has 0 aliphatic carbocycles. The van der Waals surface area contributed by atoms with Crippen molar-refractivity contribution in [2.45, 2.75) is 6.92 Å². The molecule has 0 radical (unpaired) electrons. The van der Waals surface area contributed by atoms with Crippen LogP contribution in [0.1, 0.15) is 12.5 Å². The van der Waals surface area contributed by atoms with Crippen molar-refractivity contribution in [3.63, 3.8) is 0 Å². The van der Waals surface area contributed by atoms with Crippen LogP contribution in [-0.4, -0.2) is 12.3 Å². The Bertz CT molecular complexity index is 390. The van der Waals surface area contributed by atoms with Crippen molar-refractivity contribution < 1.29 is 9.13 Å². The van der Waals surface area contributed by atoms with E-state index in [1.165, 1.54) is 6.07 Å². The Hall–Kier alpha value is -1.29. The fourth-order valence-corrected chi connectivity index (χ4v) is 1.16. The van der Waals surface area contributed by atoms with E-state index < -0.39 is 5.82 Å². The number of rotatable bonds is 4. The first kappa shape index (κ1) is 11.8. The van der Waals surface area contributed by atoms with Crippen LogP contribution in [0.2, 0.25) is 0 Å². The number of hydrogen-bond donors (Lipinski definition) is 1. The fourth-order valence-electron chi connectivity index (χ4n) is 1.05. The Balaban J connectivity index is 2.99. The van der Waals surface area contributed by atoms with Crippen LogP contribution in [0.15, 0.2) is 35.3 Å². The molecule has 1 rings (SSSR count). The highest BCUT2D eigenvalue weighted by Gasteiger charge is 2.05. The maximum absolute atomic E-state index is 13.2. The zero-order chi connectivity index (χ0) is 11.3. The number of halogens is 1. The molecule has 0 N–H and O–H groups in total. The topological polar surface area (TPSA) is 21.6 Å². The monoisotopic (exact) mass is 225 g/mol. The summed E-state index contributed by atoms with van der Waals surface area (Å²) in [5.74, 6) is -0.198. The Morgan fingerprint density at radius 2 is 2.40 bits per heavy atom. The molecule has 0 bridgehead atoms. The van der Waals surface area contributed by atoms with Crippen molar-refractivity contribution in [1.29, 1.82) is 0 Å². The molecule has 0 atom stereocenters. The molecule has 0 aliphatic rings. The normalized spacial score (nSPS) is 11.3. The highest BCUT2D eigenvalue weighted by Crippen LogP contribution is 2.19. The molecule has 1 aromatic rings. The van der Waals surface area contributed by atoms with Gasteiger partial charge in [-0.25, -0.2) is 8.79 Å². The molecule has 0 heterocycles. The minimum atomic E-state index is -0.396. The van der Waals surface area contributed by atoms with Crippen LogP contribution in [-0.2, 0) is 0 Å². The largest absolute Gasteiger partial charge is 0.486 e. The molecule has 4 heteroatoms. The second-order valence-corrected chi connectivity index (χ2v) is 3.13. The van der Waals surface area contributed by atoms with Gasteiger partial charge < -0.3 is 4.74 Å². The molecule has 2 nitrogen and oxygen atoms in total. The van der Waals surface area contributed by atoms with E-state index in [1.807, 2.05) is 0 Å². The lowest BCUT2D eigenvalue weighted by Gasteiger charge is -2.06. The molecular weight excluding hydrogens is 213 g/mol. The van der Waals surface area contributed by atoms with Crippen LogP contribution < -0.4 is 4.74 Å². The van der Waals surface area contributed by atoms with Gasteiger partial charge in [0.25, 0.3) is 0 Å². The van der Waals surface area contributed by atoms with Gasteiger partial charge in [0.1, 0.15) is 6.61 Å². The summed E-state index contributed by atoms with van der Waals surface area (Å²) in [6, 6.07) is 4.56. The molecule has 1 aromatic carbocycles. The van der Waals surface area contributed by atoms with Gasteiger partial charge in [-0.2, -0.15) is 0 Å². The lowest BCUT2D eigenvalue weighted by atomic mass is 10.1. The second kappa shape index (κ2) is 5.56. The number of ether oxygens (including phenoxy) is 1. The summed E-state index contributed by atoms with van der Waals surface area (Å²) in [7, 11) is 0. The first-order valence-corrected chi connectivity index (χ1v) is 4.81. The van der Waals surface area contributed by atoms with Crippen LogP contribution in [0, 0.1) is 5.82 Å². The predicted molar refractivity (Wildman–Crippen MR) is 63.3 cm³/mol. The summed E-state index contributed by atoms with van der Waals surface area (Å²) in [6.07, 6.45) is 1.56. The summed E-state index contributed by atoms with van der Waals surface area (Å²) >= 11 is 3.79. The molecule has 0 aromatic heterocycles. The summed E-state index contributed by atoms with van der Waals surface area (Å²) < 4.78 is 22.1. The van der Waals surface area contributed by atoms with Crippen LogP contribution in [0.4, 0.5) is 4.39 Å². The minimum absolute atomic E-state index is 0.198. The number of nitrogens with zero attached hydrogens (tertiary/aromatic N) is 1. The summed E-state index contributed by atoms with van der Waals surface area (Å²) in [6.45, 7) is 5.56. The van der Waals surface area contributed by atoms with Crippen molar-refractivity contribution in [2.75, 3.05) is 6.61 Å². The van der Waals surface area contributed by atoms with Gasteiger partial charge >= 0.3 is 0 Å². The molecule has 15 heavy (non-hydrogen) atoms. The third-order valence-corrected chi connectivity index (χ3v) is 2.16. The third-order valence-electron chi connectivity index (χ3n) is 1.86. The molecule has 0 amide bonds. The molecule has 0 saturated heterocycles. The lowest BCUT2D eigenvalue weighted by molar-refractivity contribution is 0.342. The summed E-state index contributed by atoms with van der Waals surface area (Å²) in [4.78, 5) is 0. The van der Waals surface area contributed by atoms with Gasteiger partial charge in [0.2, 0.25) is 0 Å². The Morgan fingerprint density at radius 3 is 3.00 bits per heavy atom. The van der Waals surface area contributed by atoms with Gasteiger partial charge in [-0.15, -0.1) is 0 Å². The Labute approximate surface area is 94.0 Å². The zero-order valence-electron chi connectivity index (χ0n) is 8.40. The van der Waals surface area contributed by atoms with E-state index >= 15 is 0 Å². The lowest BCUT2D eigenvalue weighted by Crippen LogP contribution is -1.99. The van der Waals surface area contributed by atoms with Gasteiger partial charge in [-0.1, -0.05) is 12.7 Å². The van der Waals surface area contributed by atoms with E-state index in [4.69, 9.17) is 4.74 Å². The Kier molecular flexibility index (Phi) is 4.37. The van der Waals surface area contributed by atoms with Crippen LogP contribution >= 0.6 is 12.8 Å². The molecule has 0 spiro atoms. The average Bonchev–Trinajstić information content (AvgIpc) is 2.27. The SMILES string of the molecule is C=CCOc1cc(/C(C)=N/S)ccc1F. The van der Waals surface area contributed by atoms with E-state index in [-0.39, 0.29) is 12.4 Å². The van der Waals surface area contributed by atoms with E-state index in [2.05, 4.69) is 23.8 Å². The first-order valence-electron chi connectivity index (χ1n) is 4.41. The highest BCUT2D eigenvalue weighted by molar-refractivity contribution is 7.79. The fraction of sp³-hybridized carbons (Fsp3) is 0.182. The predicted octanol–water partition coefficient (Wildman–Crippen LogP) is 3.04. The molecule has 0 unspecified atom stereocenters. The average molecular weight is 225 g/mol. The van der Waals surface area contributed by atoms with Crippen molar-refractivity contribution in [2.24, 2.45) is 4.40 Å². The standard InChI is InChI=1S/C11H12FNOS/c1-3-6-14-11-7-9(8(2)13-15)4-5-10(11)12/h3-5,7,15H,1,6H2,2H3/b13-8+. The molecule has 0 saturated carbocycles. The van der Waals surface area contributed by atoms with Crippen molar-refractivity contribution in [3.05, 3.63) is 42.2 Å². The van der Waals surface area contributed by atoms with E-state index in [0.717, 1.165) is 5.56 Å². The molecule has 80 valence electrons. The summed E-state index contributed by atoms with van der Waals surface area (Å²) in [5.41, 5.74) is 1.49. The van der Waals surface area contributed by atoms with E-state index in [0.29, 0.717) is 5.71 Å². The highest BCUT2D eigenvalue weighted by atomic mass is 32.1. The molecule has 0 aliphatic heterocycles. The second-order valence-electron chi connectivity index (χ2n) is 2.93. The van der Waals surface area contributed by atoms with Crippen molar-refractivity contribution >= 4 is 18.5 Å². The Morgan fingerprint density at radius 1 is 1.67 bits per heavy atom. The minimum Gasteiger partial charge on any atom is -0.486 e. The van der Waals surface area contributed by atoms with Crippen molar-refractivity contribution in [3.8, 4) is 5.75 Å². The van der Waals surface area contributed by atoms with Crippen LogP contribution in [0.25, 0.3) is 0 Å². The van der Waals surface area contributed by atoms with Gasteiger partial charge in [0, 0.05) is 5.56 Å². The van der Waals surface area contributed by atoms with Gasteiger partial charge in [-0.3, -0.25) is 0 Å². The maximum Gasteiger partial charge on any atom is 0.165 e. The molecular formula is C11H12FNOS. The first-order chi connectivity index (χ1) is 7.19.